The number of carboxylic acid groups (broad SMARTS) is 1. The van der Waals surface area contributed by atoms with Crippen molar-refractivity contribution in [3.05, 3.63) is 29.5 Å². The number of hydrogen-bond donors (Lipinski definition) is 1. The molecular formula is C12H10F2O4. The highest BCUT2D eigenvalue weighted by atomic mass is 19.3. The predicted octanol–water partition coefficient (Wildman–Crippen LogP) is 3.29. The van der Waals surface area contributed by atoms with Crippen molar-refractivity contribution in [2.24, 2.45) is 0 Å². The first-order chi connectivity index (χ1) is 8.51. The highest BCUT2D eigenvalue weighted by Gasteiger charge is 2.17. The smallest absolute Gasteiger partial charge is 0.387 e. The molecule has 2 rings (SSSR count). The molecule has 0 atom stereocenters. The van der Waals surface area contributed by atoms with Crippen LogP contribution in [0.1, 0.15) is 23.0 Å². The Morgan fingerprint density at radius 1 is 1.44 bits per heavy atom. The third-order valence-electron chi connectivity index (χ3n) is 2.44. The molecular weight excluding hydrogens is 246 g/mol. The van der Waals surface area contributed by atoms with Gasteiger partial charge in [-0.2, -0.15) is 8.78 Å². The van der Waals surface area contributed by atoms with E-state index in [2.05, 4.69) is 4.74 Å². The molecule has 1 heterocycles. The second-order valence-corrected chi connectivity index (χ2v) is 3.64. The largest absolute Gasteiger partial charge is 0.478 e. The average molecular weight is 256 g/mol. The van der Waals surface area contributed by atoms with Crippen LogP contribution >= 0.6 is 0 Å². The van der Waals surface area contributed by atoms with Gasteiger partial charge in [0.25, 0.3) is 0 Å². The Kier molecular flexibility index (Phi) is 3.18. The van der Waals surface area contributed by atoms with Gasteiger partial charge in [0.1, 0.15) is 22.7 Å². The van der Waals surface area contributed by atoms with E-state index in [4.69, 9.17) is 9.52 Å². The Labute approximate surface area is 101 Å². The van der Waals surface area contributed by atoms with Crippen LogP contribution in [0.15, 0.2) is 22.6 Å². The zero-order valence-corrected chi connectivity index (χ0v) is 9.44. The van der Waals surface area contributed by atoms with Crippen molar-refractivity contribution >= 4 is 16.9 Å². The Balaban J connectivity index is 2.60. The topological polar surface area (TPSA) is 59.7 Å². The number of aryl methyl sites for hydroxylation is 1. The Hall–Kier alpha value is -2.11. The zero-order valence-electron chi connectivity index (χ0n) is 9.44. The van der Waals surface area contributed by atoms with E-state index in [1.54, 1.807) is 6.07 Å². The maximum Gasteiger partial charge on any atom is 0.387 e. The van der Waals surface area contributed by atoms with Crippen molar-refractivity contribution in [2.75, 3.05) is 0 Å². The Morgan fingerprint density at radius 3 is 2.72 bits per heavy atom. The summed E-state index contributed by atoms with van der Waals surface area (Å²) in [5, 5.41) is 9.45. The average Bonchev–Trinajstić information content (AvgIpc) is 2.69. The van der Waals surface area contributed by atoms with Gasteiger partial charge in [-0.1, -0.05) is 6.92 Å². The number of hydrogen-bond acceptors (Lipinski definition) is 3. The number of halogens is 2. The fraction of sp³-hybridized carbons (Fsp3) is 0.250. The van der Waals surface area contributed by atoms with E-state index in [9.17, 15) is 13.6 Å². The van der Waals surface area contributed by atoms with Crippen LogP contribution in [0.2, 0.25) is 0 Å². The van der Waals surface area contributed by atoms with Gasteiger partial charge in [0.15, 0.2) is 0 Å². The van der Waals surface area contributed by atoms with E-state index >= 15 is 0 Å². The van der Waals surface area contributed by atoms with Crippen molar-refractivity contribution in [3.63, 3.8) is 0 Å². The summed E-state index contributed by atoms with van der Waals surface area (Å²) in [5.74, 6) is -0.864. The molecule has 0 bridgehead atoms. The number of carbonyl (C=O) groups is 1. The minimum atomic E-state index is -3.00. The van der Waals surface area contributed by atoms with Gasteiger partial charge in [0.05, 0.1) is 0 Å². The molecule has 0 spiro atoms. The highest BCUT2D eigenvalue weighted by molar-refractivity contribution is 6.02. The highest BCUT2D eigenvalue weighted by Crippen LogP contribution is 2.29. The standard InChI is InChI=1S/C12H10F2O4/c1-2-7-3-6-4-8(18-12(13)14)5-9(11(15)16)10(6)17-7/h3-5,12H,2H2,1H3,(H,15,16). The molecule has 0 saturated heterocycles. The van der Waals surface area contributed by atoms with Crippen LogP contribution < -0.4 is 4.74 Å². The second kappa shape index (κ2) is 4.64. The first-order valence-electron chi connectivity index (χ1n) is 5.25. The third-order valence-corrected chi connectivity index (χ3v) is 2.44. The van der Waals surface area contributed by atoms with E-state index in [1.807, 2.05) is 6.92 Å². The van der Waals surface area contributed by atoms with Crippen LogP contribution in [-0.4, -0.2) is 17.7 Å². The van der Waals surface area contributed by atoms with Crippen molar-refractivity contribution in [3.8, 4) is 5.75 Å². The number of carboxylic acids is 1. The van der Waals surface area contributed by atoms with E-state index in [0.29, 0.717) is 17.6 Å². The normalized spacial score (nSPS) is 11.1. The van der Waals surface area contributed by atoms with E-state index in [0.717, 1.165) is 6.07 Å². The molecule has 2 aromatic rings. The van der Waals surface area contributed by atoms with Gasteiger partial charge in [-0.25, -0.2) is 4.79 Å². The SMILES string of the molecule is CCc1cc2cc(OC(F)F)cc(C(=O)O)c2o1. The molecule has 1 N–H and O–H groups in total. The number of aromatic carboxylic acids is 1. The van der Waals surface area contributed by atoms with Crippen molar-refractivity contribution in [1.29, 1.82) is 0 Å². The molecule has 0 fully saturated rings. The number of benzene rings is 1. The van der Waals surface area contributed by atoms with Crippen LogP contribution in [-0.2, 0) is 6.42 Å². The molecule has 0 saturated carbocycles. The lowest BCUT2D eigenvalue weighted by Gasteiger charge is -2.05. The molecule has 1 aromatic carbocycles. The van der Waals surface area contributed by atoms with Gasteiger partial charge < -0.3 is 14.3 Å². The number of ether oxygens (including phenoxy) is 1. The Bertz CT molecular complexity index is 589. The second-order valence-electron chi connectivity index (χ2n) is 3.64. The summed E-state index contributed by atoms with van der Waals surface area (Å²) in [6.45, 7) is -1.16. The lowest BCUT2D eigenvalue weighted by atomic mass is 10.1. The molecule has 0 aliphatic rings. The molecule has 0 aliphatic heterocycles. The van der Waals surface area contributed by atoms with Gasteiger partial charge in [-0.3, -0.25) is 0 Å². The number of fused-ring (bicyclic) bond motifs is 1. The molecule has 0 aliphatic carbocycles. The van der Waals surface area contributed by atoms with Crippen LogP contribution in [0.5, 0.6) is 5.75 Å². The van der Waals surface area contributed by atoms with E-state index in [-0.39, 0.29) is 16.9 Å². The summed E-state index contributed by atoms with van der Waals surface area (Å²) in [4.78, 5) is 11.0. The summed E-state index contributed by atoms with van der Waals surface area (Å²) in [6, 6.07) is 3.97. The minimum absolute atomic E-state index is 0.168. The lowest BCUT2D eigenvalue weighted by Crippen LogP contribution is -2.04. The summed E-state index contributed by atoms with van der Waals surface area (Å²) < 4.78 is 33.8. The molecule has 6 heteroatoms. The maximum atomic E-state index is 12.1. The lowest BCUT2D eigenvalue weighted by molar-refractivity contribution is -0.0498. The quantitative estimate of drug-likeness (QED) is 0.911. The summed E-state index contributed by atoms with van der Waals surface area (Å²) in [5.41, 5.74) is -0.0242. The van der Waals surface area contributed by atoms with Gasteiger partial charge in [0, 0.05) is 11.8 Å². The third kappa shape index (κ3) is 2.27. The Morgan fingerprint density at radius 2 is 2.17 bits per heavy atom. The molecule has 0 radical (unpaired) electrons. The number of alkyl halides is 2. The molecule has 4 nitrogen and oxygen atoms in total. The van der Waals surface area contributed by atoms with E-state index < -0.39 is 12.6 Å². The molecule has 0 unspecified atom stereocenters. The first kappa shape index (κ1) is 12.3. The molecule has 96 valence electrons. The number of furan rings is 1. The van der Waals surface area contributed by atoms with Crippen LogP contribution in [0, 0.1) is 0 Å². The summed E-state index contributed by atoms with van der Waals surface area (Å²) in [7, 11) is 0. The van der Waals surface area contributed by atoms with Crippen LogP contribution in [0.3, 0.4) is 0 Å². The molecule has 18 heavy (non-hydrogen) atoms. The fourth-order valence-corrected chi connectivity index (χ4v) is 1.68. The van der Waals surface area contributed by atoms with Gasteiger partial charge in [-0.15, -0.1) is 0 Å². The van der Waals surface area contributed by atoms with Gasteiger partial charge in [-0.05, 0) is 18.2 Å². The molecule has 0 amide bonds. The maximum absolute atomic E-state index is 12.1. The summed E-state index contributed by atoms with van der Waals surface area (Å²) >= 11 is 0. The predicted molar refractivity (Wildman–Crippen MR) is 59.2 cm³/mol. The molecule has 1 aromatic heterocycles. The van der Waals surface area contributed by atoms with Gasteiger partial charge in [0.2, 0.25) is 0 Å². The van der Waals surface area contributed by atoms with Crippen molar-refractivity contribution < 1.29 is 27.8 Å². The number of rotatable bonds is 4. The van der Waals surface area contributed by atoms with Crippen LogP contribution in [0.25, 0.3) is 11.0 Å². The van der Waals surface area contributed by atoms with Gasteiger partial charge >= 0.3 is 12.6 Å². The van der Waals surface area contributed by atoms with Crippen LogP contribution in [0.4, 0.5) is 8.78 Å². The first-order valence-corrected chi connectivity index (χ1v) is 5.25. The van der Waals surface area contributed by atoms with Crippen molar-refractivity contribution in [2.45, 2.75) is 20.0 Å². The fourth-order valence-electron chi connectivity index (χ4n) is 1.68. The van der Waals surface area contributed by atoms with Crippen molar-refractivity contribution in [1.82, 2.24) is 0 Å². The van der Waals surface area contributed by atoms with E-state index in [1.165, 1.54) is 6.07 Å². The summed E-state index contributed by atoms with van der Waals surface area (Å²) in [6.07, 6.45) is 0.582. The minimum Gasteiger partial charge on any atom is -0.478 e. The zero-order chi connectivity index (χ0) is 13.3. The monoisotopic (exact) mass is 256 g/mol.